The van der Waals surface area contributed by atoms with E-state index in [0.29, 0.717) is 11.8 Å². The van der Waals surface area contributed by atoms with Crippen LogP contribution in [0.5, 0.6) is 5.75 Å². The molecule has 0 aromatic heterocycles. The van der Waals surface area contributed by atoms with Crippen LogP contribution in [-0.2, 0) is 0 Å². The minimum Gasteiger partial charge on any atom is -0.508 e. The van der Waals surface area contributed by atoms with Gasteiger partial charge in [-0.3, -0.25) is 0 Å². The highest BCUT2D eigenvalue weighted by molar-refractivity contribution is 5.37. The Bertz CT molecular complexity index is 410. The average Bonchev–Trinajstić information content (AvgIpc) is 2.39. The minimum atomic E-state index is 0.206. The number of aryl methyl sites for hydroxylation is 1. The van der Waals surface area contributed by atoms with Crippen LogP contribution in [0.4, 0.5) is 0 Å². The van der Waals surface area contributed by atoms with Crippen LogP contribution in [0.15, 0.2) is 18.2 Å². The molecule has 2 atom stereocenters. The van der Waals surface area contributed by atoms with Gasteiger partial charge in [0.05, 0.1) is 0 Å². The van der Waals surface area contributed by atoms with Gasteiger partial charge in [0.2, 0.25) is 0 Å². The second-order valence-corrected chi connectivity index (χ2v) is 6.14. The van der Waals surface area contributed by atoms with E-state index in [1.807, 2.05) is 19.1 Å². The van der Waals surface area contributed by atoms with Crippen molar-refractivity contribution in [1.82, 2.24) is 5.32 Å². The van der Waals surface area contributed by atoms with Crippen molar-refractivity contribution in [3.05, 3.63) is 29.3 Å². The molecule has 0 heterocycles. The third-order valence-electron chi connectivity index (χ3n) is 4.52. The van der Waals surface area contributed by atoms with Gasteiger partial charge < -0.3 is 10.4 Å². The zero-order valence-corrected chi connectivity index (χ0v) is 12.4. The molecule has 0 spiro atoms. The van der Waals surface area contributed by atoms with Crippen molar-refractivity contribution in [3.8, 4) is 5.75 Å². The van der Waals surface area contributed by atoms with E-state index < -0.39 is 0 Å². The standard InChI is InChI=1S/C17H27NO/c1-12-9-10-16(17(19)11-12)14(3)18-13(2)15-7-5-4-6-8-15/h9-11,13-15,18-19H,4-8H2,1-3H3/t13-,14?/m1/s1. The van der Waals surface area contributed by atoms with Gasteiger partial charge in [-0.25, -0.2) is 0 Å². The largest absolute Gasteiger partial charge is 0.508 e. The van der Waals surface area contributed by atoms with Gasteiger partial charge in [0.15, 0.2) is 0 Å². The summed E-state index contributed by atoms with van der Waals surface area (Å²) in [6, 6.07) is 6.68. The molecule has 2 nitrogen and oxygen atoms in total. The van der Waals surface area contributed by atoms with Crippen LogP contribution < -0.4 is 5.32 Å². The van der Waals surface area contributed by atoms with E-state index in [1.54, 1.807) is 0 Å². The lowest BCUT2D eigenvalue weighted by Gasteiger charge is -2.31. The Morgan fingerprint density at radius 1 is 1.16 bits per heavy atom. The monoisotopic (exact) mass is 261 g/mol. The SMILES string of the molecule is Cc1ccc(C(C)N[C@H](C)C2CCCCC2)c(O)c1. The topological polar surface area (TPSA) is 32.3 Å². The van der Waals surface area contributed by atoms with Crippen LogP contribution in [0.3, 0.4) is 0 Å². The van der Waals surface area contributed by atoms with Crippen molar-refractivity contribution in [3.63, 3.8) is 0 Å². The number of phenolic OH excluding ortho intramolecular Hbond substituents is 1. The molecule has 0 bridgehead atoms. The summed E-state index contributed by atoms with van der Waals surface area (Å²) in [4.78, 5) is 0. The van der Waals surface area contributed by atoms with E-state index in [4.69, 9.17) is 0 Å². The van der Waals surface area contributed by atoms with Crippen molar-refractivity contribution >= 4 is 0 Å². The first-order chi connectivity index (χ1) is 9.08. The Labute approximate surface area is 117 Å². The molecule has 1 unspecified atom stereocenters. The zero-order valence-electron chi connectivity index (χ0n) is 12.4. The number of hydrogen-bond donors (Lipinski definition) is 2. The number of nitrogens with one attached hydrogen (secondary N) is 1. The Hall–Kier alpha value is -1.02. The summed E-state index contributed by atoms with van der Waals surface area (Å²) in [5, 5.41) is 13.7. The number of aromatic hydroxyl groups is 1. The molecule has 0 radical (unpaired) electrons. The van der Waals surface area contributed by atoms with Crippen LogP contribution >= 0.6 is 0 Å². The molecule has 0 saturated heterocycles. The first-order valence-corrected chi connectivity index (χ1v) is 7.63. The quantitative estimate of drug-likeness (QED) is 0.846. The molecule has 106 valence electrons. The maximum absolute atomic E-state index is 10.0. The van der Waals surface area contributed by atoms with Gasteiger partial charge >= 0.3 is 0 Å². The highest BCUT2D eigenvalue weighted by Crippen LogP contribution is 2.29. The summed E-state index contributed by atoms with van der Waals surface area (Å²) >= 11 is 0. The molecule has 2 heteroatoms. The smallest absolute Gasteiger partial charge is 0.120 e. The number of hydrogen-bond acceptors (Lipinski definition) is 2. The van der Waals surface area contributed by atoms with E-state index >= 15 is 0 Å². The number of phenols is 1. The predicted molar refractivity (Wildman–Crippen MR) is 80.4 cm³/mol. The second-order valence-electron chi connectivity index (χ2n) is 6.14. The first kappa shape index (κ1) is 14.4. The Balaban J connectivity index is 1.97. The zero-order chi connectivity index (χ0) is 13.8. The summed E-state index contributed by atoms with van der Waals surface area (Å²) in [6.07, 6.45) is 6.85. The number of benzene rings is 1. The van der Waals surface area contributed by atoms with Crippen molar-refractivity contribution < 1.29 is 5.11 Å². The number of rotatable bonds is 4. The van der Waals surface area contributed by atoms with Gasteiger partial charge in [-0.1, -0.05) is 31.4 Å². The molecule has 0 amide bonds. The normalized spacial score (nSPS) is 20.2. The molecule has 2 N–H and O–H groups in total. The second kappa shape index (κ2) is 6.42. The van der Waals surface area contributed by atoms with Crippen molar-refractivity contribution in [2.75, 3.05) is 0 Å². The predicted octanol–water partition coefficient (Wildman–Crippen LogP) is 4.32. The molecule has 1 aliphatic rings. The summed E-state index contributed by atoms with van der Waals surface area (Å²) in [5.41, 5.74) is 2.11. The lowest BCUT2D eigenvalue weighted by Crippen LogP contribution is -2.36. The molecular weight excluding hydrogens is 234 g/mol. The molecular formula is C17H27NO. The third-order valence-corrected chi connectivity index (χ3v) is 4.52. The molecule has 1 aromatic rings. The highest BCUT2D eigenvalue weighted by Gasteiger charge is 2.22. The molecule has 2 rings (SSSR count). The highest BCUT2D eigenvalue weighted by atomic mass is 16.3. The Morgan fingerprint density at radius 3 is 2.47 bits per heavy atom. The van der Waals surface area contributed by atoms with Crippen LogP contribution in [0.1, 0.15) is 63.1 Å². The third kappa shape index (κ3) is 3.73. The van der Waals surface area contributed by atoms with Crippen LogP contribution in [0.2, 0.25) is 0 Å². The van der Waals surface area contributed by atoms with Gasteiger partial charge in [-0.05, 0) is 51.2 Å². The van der Waals surface area contributed by atoms with E-state index in [0.717, 1.165) is 17.0 Å². The Kier molecular flexibility index (Phi) is 4.87. The van der Waals surface area contributed by atoms with E-state index in [9.17, 15) is 5.11 Å². The van der Waals surface area contributed by atoms with Gasteiger partial charge in [-0.15, -0.1) is 0 Å². The Morgan fingerprint density at radius 2 is 1.84 bits per heavy atom. The fraction of sp³-hybridized carbons (Fsp3) is 0.647. The summed E-state index contributed by atoms with van der Waals surface area (Å²) in [6.45, 7) is 6.44. The van der Waals surface area contributed by atoms with Gasteiger partial charge in [-0.2, -0.15) is 0 Å². The average molecular weight is 261 g/mol. The fourth-order valence-electron chi connectivity index (χ4n) is 3.27. The molecule has 0 aliphatic heterocycles. The summed E-state index contributed by atoms with van der Waals surface area (Å²) < 4.78 is 0. The van der Waals surface area contributed by atoms with Crippen LogP contribution in [0, 0.1) is 12.8 Å². The molecule has 19 heavy (non-hydrogen) atoms. The lowest BCUT2D eigenvalue weighted by atomic mass is 9.84. The fourth-order valence-corrected chi connectivity index (χ4v) is 3.27. The summed E-state index contributed by atoms with van der Waals surface area (Å²) in [5.74, 6) is 1.21. The van der Waals surface area contributed by atoms with E-state index in [1.165, 1.54) is 32.1 Å². The van der Waals surface area contributed by atoms with Gasteiger partial charge in [0.1, 0.15) is 5.75 Å². The summed E-state index contributed by atoms with van der Waals surface area (Å²) in [7, 11) is 0. The first-order valence-electron chi connectivity index (χ1n) is 7.63. The molecule has 1 aliphatic carbocycles. The van der Waals surface area contributed by atoms with Crippen LogP contribution in [-0.4, -0.2) is 11.1 Å². The molecule has 1 aromatic carbocycles. The van der Waals surface area contributed by atoms with Crippen LogP contribution in [0.25, 0.3) is 0 Å². The molecule has 1 saturated carbocycles. The van der Waals surface area contributed by atoms with Crippen molar-refractivity contribution in [2.45, 2.75) is 65.0 Å². The van der Waals surface area contributed by atoms with Gasteiger partial charge in [0.25, 0.3) is 0 Å². The minimum absolute atomic E-state index is 0.206. The molecule has 1 fully saturated rings. The van der Waals surface area contributed by atoms with E-state index in [-0.39, 0.29) is 6.04 Å². The lowest BCUT2D eigenvalue weighted by molar-refractivity contribution is 0.267. The van der Waals surface area contributed by atoms with Crippen molar-refractivity contribution in [1.29, 1.82) is 0 Å². The maximum atomic E-state index is 10.0. The van der Waals surface area contributed by atoms with E-state index in [2.05, 4.69) is 25.2 Å². The van der Waals surface area contributed by atoms with Crippen molar-refractivity contribution in [2.24, 2.45) is 5.92 Å². The van der Waals surface area contributed by atoms with Gasteiger partial charge in [0, 0.05) is 17.6 Å². The maximum Gasteiger partial charge on any atom is 0.120 e.